The Labute approximate surface area is 176 Å². The number of nitrogens with two attached hydrogens (primary N) is 1. The molecule has 7 nitrogen and oxygen atoms in total. The summed E-state index contributed by atoms with van der Waals surface area (Å²) in [5, 5.41) is 20.1. The molecular formula is C21H33N3O4S. The van der Waals surface area contributed by atoms with Crippen LogP contribution in [-0.4, -0.2) is 75.0 Å². The van der Waals surface area contributed by atoms with Gasteiger partial charge in [0, 0.05) is 28.7 Å². The second-order valence-corrected chi connectivity index (χ2v) is 10.5. The van der Waals surface area contributed by atoms with Gasteiger partial charge >= 0.3 is 5.97 Å². The Hall–Kier alpha value is -1.09. The van der Waals surface area contributed by atoms with Crippen LogP contribution in [-0.2, 0) is 9.59 Å². The number of amides is 1. The zero-order chi connectivity index (χ0) is 20.9. The molecule has 3 fully saturated rings. The highest BCUT2D eigenvalue weighted by atomic mass is 32.2. The van der Waals surface area contributed by atoms with Crippen molar-refractivity contribution in [1.82, 2.24) is 9.80 Å². The fraction of sp³-hybridized carbons (Fsp3) is 0.810. The molecule has 1 unspecified atom stereocenters. The predicted molar refractivity (Wildman–Crippen MR) is 112 cm³/mol. The summed E-state index contributed by atoms with van der Waals surface area (Å²) in [4.78, 5) is 29.3. The van der Waals surface area contributed by atoms with Gasteiger partial charge in [-0.3, -0.25) is 9.69 Å². The van der Waals surface area contributed by atoms with Crippen molar-refractivity contribution in [3.05, 3.63) is 10.6 Å². The number of β-lactam (4-membered cyclic amide) rings is 1. The van der Waals surface area contributed by atoms with E-state index in [1.54, 1.807) is 18.7 Å². The normalized spacial score (nSPS) is 38.9. The van der Waals surface area contributed by atoms with Gasteiger partial charge in [0.05, 0.1) is 18.1 Å². The Morgan fingerprint density at radius 1 is 1.28 bits per heavy atom. The summed E-state index contributed by atoms with van der Waals surface area (Å²) in [6.45, 7) is 6.44. The van der Waals surface area contributed by atoms with Crippen LogP contribution in [0.2, 0.25) is 0 Å². The maximum absolute atomic E-state index is 12.5. The van der Waals surface area contributed by atoms with Crippen molar-refractivity contribution in [2.45, 2.75) is 69.4 Å². The van der Waals surface area contributed by atoms with Crippen LogP contribution < -0.4 is 5.73 Å². The van der Waals surface area contributed by atoms with Crippen molar-refractivity contribution in [3.63, 3.8) is 0 Å². The zero-order valence-corrected chi connectivity index (χ0v) is 18.1. The topological polar surface area (TPSA) is 107 Å². The van der Waals surface area contributed by atoms with Crippen molar-refractivity contribution in [2.75, 3.05) is 19.6 Å². The average Bonchev–Trinajstić information content (AvgIpc) is 3.24. The summed E-state index contributed by atoms with van der Waals surface area (Å²) in [5.41, 5.74) is 5.97. The van der Waals surface area contributed by atoms with Crippen LogP contribution in [0.3, 0.4) is 0 Å². The third kappa shape index (κ3) is 3.62. The monoisotopic (exact) mass is 423 g/mol. The van der Waals surface area contributed by atoms with Crippen molar-refractivity contribution in [2.24, 2.45) is 23.5 Å². The molecule has 8 heteroatoms. The van der Waals surface area contributed by atoms with Gasteiger partial charge in [-0.15, -0.1) is 11.8 Å². The van der Waals surface area contributed by atoms with Gasteiger partial charge in [-0.2, -0.15) is 0 Å². The van der Waals surface area contributed by atoms with E-state index in [2.05, 4.69) is 4.90 Å². The molecule has 162 valence electrons. The molecule has 4 aliphatic rings. The molecule has 4 rings (SSSR count). The number of carbonyl (C=O) groups is 2. The van der Waals surface area contributed by atoms with Crippen LogP contribution in [0, 0.1) is 17.8 Å². The van der Waals surface area contributed by atoms with E-state index in [0.717, 1.165) is 31.0 Å². The second kappa shape index (κ2) is 8.21. The van der Waals surface area contributed by atoms with Gasteiger partial charge in [-0.05, 0) is 58.0 Å². The number of likely N-dealkylation sites (tertiary alicyclic amines) is 1. The zero-order valence-electron chi connectivity index (χ0n) is 17.3. The summed E-state index contributed by atoms with van der Waals surface area (Å²) in [7, 11) is 0. The highest BCUT2D eigenvalue weighted by Crippen LogP contribution is 2.52. The molecule has 0 aromatic heterocycles. The minimum atomic E-state index is -1.03. The van der Waals surface area contributed by atoms with Gasteiger partial charge in [0.15, 0.2) is 0 Å². The fourth-order valence-corrected chi connectivity index (χ4v) is 7.29. The maximum Gasteiger partial charge on any atom is 0.353 e. The number of carbonyl (C=O) groups excluding carboxylic acids is 1. The molecule has 2 saturated heterocycles. The van der Waals surface area contributed by atoms with Crippen molar-refractivity contribution in [1.29, 1.82) is 0 Å². The SMILES string of the molecule is C[C@@H](O)[C@H]1C(=O)N2C(C(=O)O)=C(SC3CCN(C4CCC(CN)CC4)C3)[C@H](C)[C@H]12. The van der Waals surface area contributed by atoms with Crippen LogP contribution in [0.4, 0.5) is 0 Å². The minimum absolute atomic E-state index is 0.0440. The van der Waals surface area contributed by atoms with Gasteiger partial charge in [0.1, 0.15) is 5.70 Å². The van der Waals surface area contributed by atoms with Crippen LogP contribution in [0.25, 0.3) is 0 Å². The van der Waals surface area contributed by atoms with Crippen LogP contribution in [0.1, 0.15) is 46.0 Å². The van der Waals surface area contributed by atoms with E-state index in [9.17, 15) is 19.8 Å². The van der Waals surface area contributed by atoms with Crippen LogP contribution >= 0.6 is 11.8 Å². The molecule has 0 bridgehead atoms. The Morgan fingerprint density at radius 3 is 2.55 bits per heavy atom. The number of aliphatic hydroxyl groups is 1. The van der Waals surface area contributed by atoms with E-state index in [1.165, 1.54) is 30.6 Å². The van der Waals surface area contributed by atoms with E-state index < -0.39 is 18.0 Å². The number of aliphatic carboxylic acids is 1. The van der Waals surface area contributed by atoms with E-state index in [0.29, 0.717) is 17.2 Å². The summed E-state index contributed by atoms with van der Waals surface area (Å²) >= 11 is 1.66. The first kappa shape index (κ1) is 21.2. The molecule has 1 aliphatic carbocycles. The smallest absolute Gasteiger partial charge is 0.353 e. The lowest BCUT2D eigenvalue weighted by molar-refractivity contribution is -0.163. The summed E-state index contributed by atoms with van der Waals surface area (Å²) in [6.07, 6.45) is 5.12. The number of nitrogens with zero attached hydrogens (tertiary/aromatic N) is 2. The van der Waals surface area contributed by atoms with E-state index >= 15 is 0 Å². The van der Waals surface area contributed by atoms with Gasteiger partial charge in [0.25, 0.3) is 0 Å². The molecule has 3 heterocycles. The van der Waals surface area contributed by atoms with Crippen molar-refractivity contribution < 1.29 is 19.8 Å². The van der Waals surface area contributed by atoms with Crippen molar-refractivity contribution >= 4 is 23.6 Å². The van der Waals surface area contributed by atoms with Gasteiger partial charge in [-0.1, -0.05) is 6.92 Å². The van der Waals surface area contributed by atoms with Crippen LogP contribution in [0.15, 0.2) is 10.6 Å². The highest BCUT2D eigenvalue weighted by molar-refractivity contribution is 8.03. The molecule has 4 N–H and O–H groups in total. The lowest BCUT2D eigenvalue weighted by Gasteiger charge is -2.46. The number of rotatable bonds is 6. The first-order valence-corrected chi connectivity index (χ1v) is 11.8. The van der Waals surface area contributed by atoms with Gasteiger partial charge < -0.3 is 20.8 Å². The summed E-state index contributed by atoms with van der Waals surface area (Å²) < 4.78 is 0. The standard InChI is InChI=1S/C21H33N3O4S/c1-11-17-16(12(2)25)20(26)24(17)18(21(27)28)19(11)29-15-7-8-23(10-15)14-5-3-13(9-22)4-6-14/h11-17,25H,3-10,22H2,1-2H3,(H,27,28)/t11-,12-,13?,14?,15?,16-,17-/m1/s1. The Balaban J connectivity index is 1.43. The van der Waals surface area contributed by atoms with Crippen molar-refractivity contribution in [3.8, 4) is 0 Å². The minimum Gasteiger partial charge on any atom is -0.477 e. The van der Waals surface area contributed by atoms with E-state index in [-0.39, 0.29) is 23.6 Å². The Kier molecular flexibility index (Phi) is 5.99. The molecule has 0 aromatic carbocycles. The number of carboxylic acids is 1. The molecule has 0 radical (unpaired) electrons. The second-order valence-electron chi connectivity index (χ2n) is 9.21. The quantitative estimate of drug-likeness (QED) is 0.555. The first-order valence-electron chi connectivity index (χ1n) is 10.9. The Bertz CT molecular complexity index is 704. The molecule has 3 aliphatic heterocycles. The number of hydrogen-bond donors (Lipinski definition) is 3. The summed E-state index contributed by atoms with van der Waals surface area (Å²) in [5.74, 6) is -1.15. The van der Waals surface area contributed by atoms with E-state index in [4.69, 9.17) is 5.73 Å². The maximum atomic E-state index is 12.5. The molecular weight excluding hydrogens is 390 g/mol. The molecule has 0 aromatic rings. The number of aliphatic hydroxyl groups excluding tert-OH is 1. The van der Waals surface area contributed by atoms with E-state index in [1.807, 2.05) is 6.92 Å². The number of fused-ring (bicyclic) bond motifs is 1. The molecule has 5 atom stereocenters. The first-order chi connectivity index (χ1) is 13.8. The van der Waals surface area contributed by atoms with Gasteiger partial charge in [-0.25, -0.2) is 4.79 Å². The molecule has 0 spiro atoms. The molecule has 29 heavy (non-hydrogen) atoms. The predicted octanol–water partition coefficient (Wildman–Crippen LogP) is 1.47. The molecule has 1 amide bonds. The largest absolute Gasteiger partial charge is 0.477 e. The molecule has 1 saturated carbocycles. The fourth-order valence-electron chi connectivity index (χ4n) is 5.79. The lowest BCUT2D eigenvalue weighted by atomic mass is 9.79. The third-order valence-electron chi connectivity index (χ3n) is 7.45. The third-order valence-corrected chi connectivity index (χ3v) is 8.98. The Morgan fingerprint density at radius 2 is 1.97 bits per heavy atom. The average molecular weight is 424 g/mol. The van der Waals surface area contributed by atoms with Crippen LogP contribution in [0.5, 0.6) is 0 Å². The number of carboxylic acid groups (broad SMARTS) is 1. The highest BCUT2D eigenvalue weighted by Gasteiger charge is 2.60. The number of hydrogen-bond acceptors (Lipinski definition) is 6. The lowest BCUT2D eigenvalue weighted by Crippen LogP contribution is -2.63. The van der Waals surface area contributed by atoms with Gasteiger partial charge in [0.2, 0.25) is 5.91 Å². The summed E-state index contributed by atoms with van der Waals surface area (Å²) in [6, 6.07) is 0.401. The number of thioether (sulfide) groups is 1.